The van der Waals surface area contributed by atoms with Crippen LogP contribution in [0.25, 0.3) is 0 Å². The Bertz CT molecular complexity index is 864. The van der Waals surface area contributed by atoms with Gasteiger partial charge in [-0.2, -0.15) is 4.98 Å². The van der Waals surface area contributed by atoms with Crippen molar-refractivity contribution >= 4 is 5.82 Å². The molecule has 4 heteroatoms. The van der Waals surface area contributed by atoms with Gasteiger partial charge >= 0.3 is 5.69 Å². The van der Waals surface area contributed by atoms with Crippen LogP contribution in [0.1, 0.15) is 41.1 Å². The maximum Gasteiger partial charge on any atom is 0.347 e. The van der Waals surface area contributed by atoms with E-state index < -0.39 is 0 Å². The Labute approximate surface area is 147 Å². The van der Waals surface area contributed by atoms with Gasteiger partial charge in [-0.3, -0.25) is 0 Å². The van der Waals surface area contributed by atoms with Crippen molar-refractivity contribution in [2.45, 2.75) is 25.2 Å². The van der Waals surface area contributed by atoms with E-state index >= 15 is 0 Å². The molecule has 0 amide bonds. The lowest BCUT2D eigenvalue weighted by atomic mass is 9.85. The van der Waals surface area contributed by atoms with E-state index in [1.54, 1.807) is 0 Å². The molecule has 0 atom stereocenters. The molecule has 4 nitrogen and oxygen atoms in total. The van der Waals surface area contributed by atoms with Gasteiger partial charge in [0.2, 0.25) is 0 Å². The minimum absolute atomic E-state index is 0.00764. The van der Waals surface area contributed by atoms with Crippen LogP contribution in [0.4, 0.5) is 5.82 Å². The maximum absolute atomic E-state index is 12.2. The van der Waals surface area contributed by atoms with Crippen LogP contribution in [0.15, 0.2) is 65.5 Å². The van der Waals surface area contributed by atoms with Crippen LogP contribution < -0.4 is 11.0 Å². The standard InChI is InChI=1S/C21H21N3O/c25-21-23-19(17-13-7-8-14-22-20(17)24-21)18(15-9-3-1-4-10-15)16-11-5-2-6-12-16/h1-6,9-12,18H,7-8,13-14H2,(H2,22,23,24,25). The molecule has 2 heterocycles. The summed E-state index contributed by atoms with van der Waals surface area (Å²) in [5.41, 5.74) is 4.14. The van der Waals surface area contributed by atoms with Crippen LogP contribution in [-0.2, 0) is 6.42 Å². The zero-order valence-electron chi connectivity index (χ0n) is 14.0. The van der Waals surface area contributed by atoms with Gasteiger partial charge in [0, 0.05) is 23.7 Å². The van der Waals surface area contributed by atoms with Gasteiger partial charge in [-0.15, -0.1) is 0 Å². The first-order valence-corrected chi connectivity index (χ1v) is 8.80. The van der Waals surface area contributed by atoms with Gasteiger partial charge in [0.05, 0.1) is 0 Å². The van der Waals surface area contributed by atoms with Gasteiger partial charge < -0.3 is 10.3 Å². The van der Waals surface area contributed by atoms with Crippen molar-refractivity contribution in [3.8, 4) is 0 Å². The molecule has 0 aliphatic carbocycles. The van der Waals surface area contributed by atoms with Crippen LogP contribution >= 0.6 is 0 Å². The molecule has 0 saturated heterocycles. The Balaban J connectivity index is 1.94. The average Bonchev–Trinajstić information content (AvgIpc) is 2.89. The fraction of sp³-hybridized carbons (Fsp3) is 0.238. The average molecular weight is 331 g/mol. The Morgan fingerprint density at radius 2 is 1.52 bits per heavy atom. The first-order valence-electron chi connectivity index (χ1n) is 8.80. The second-order valence-corrected chi connectivity index (χ2v) is 6.42. The quantitative estimate of drug-likeness (QED) is 0.769. The van der Waals surface area contributed by atoms with E-state index in [4.69, 9.17) is 0 Å². The summed E-state index contributed by atoms with van der Waals surface area (Å²) in [6, 6.07) is 20.7. The number of aromatic nitrogens is 2. The minimum Gasteiger partial charge on any atom is -0.370 e. The van der Waals surface area contributed by atoms with Crippen molar-refractivity contribution in [1.82, 2.24) is 9.97 Å². The number of rotatable bonds is 3. The summed E-state index contributed by atoms with van der Waals surface area (Å²) in [4.78, 5) is 19.5. The molecule has 0 saturated carbocycles. The van der Waals surface area contributed by atoms with E-state index in [1.807, 2.05) is 36.4 Å². The third-order valence-electron chi connectivity index (χ3n) is 4.77. The lowest BCUT2D eigenvalue weighted by Crippen LogP contribution is -2.21. The van der Waals surface area contributed by atoms with Gasteiger partial charge in [-0.1, -0.05) is 60.7 Å². The van der Waals surface area contributed by atoms with E-state index in [0.717, 1.165) is 42.9 Å². The smallest absolute Gasteiger partial charge is 0.347 e. The molecule has 0 fully saturated rings. The maximum atomic E-state index is 12.2. The van der Waals surface area contributed by atoms with E-state index in [1.165, 1.54) is 11.1 Å². The van der Waals surface area contributed by atoms with Crippen molar-refractivity contribution in [3.05, 3.63) is 93.5 Å². The van der Waals surface area contributed by atoms with E-state index in [9.17, 15) is 4.79 Å². The van der Waals surface area contributed by atoms with Crippen LogP contribution in [-0.4, -0.2) is 16.5 Å². The monoisotopic (exact) mass is 331 g/mol. The Morgan fingerprint density at radius 3 is 2.16 bits per heavy atom. The molecule has 25 heavy (non-hydrogen) atoms. The van der Waals surface area contributed by atoms with Crippen LogP contribution in [0.3, 0.4) is 0 Å². The van der Waals surface area contributed by atoms with E-state index in [-0.39, 0.29) is 11.6 Å². The van der Waals surface area contributed by atoms with Crippen molar-refractivity contribution in [2.24, 2.45) is 0 Å². The van der Waals surface area contributed by atoms with Gasteiger partial charge in [0.15, 0.2) is 0 Å². The lowest BCUT2D eigenvalue weighted by Gasteiger charge is -2.22. The van der Waals surface area contributed by atoms with Crippen molar-refractivity contribution in [3.63, 3.8) is 0 Å². The zero-order chi connectivity index (χ0) is 17.1. The number of benzene rings is 2. The molecule has 3 aromatic rings. The van der Waals surface area contributed by atoms with Gasteiger partial charge in [-0.05, 0) is 30.4 Å². The van der Waals surface area contributed by atoms with Crippen molar-refractivity contribution in [1.29, 1.82) is 0 Å². The number of fused-ring (bicyclic) bond motifs is 1. The summed E-state index contributed by atoms with van der Waals surface area (Å²) in [5, 5.41) is 3.33. The fourth-order valence-corrected chi connectivity index (χ4v) is 3.61. The molecule has 0 unspecified atom stereocenters. The molecule has 1 aromatic heterocycles. The first kappa shape index (κ1) is 15.6. The fourth-order valence-electron chi connectivity index (χ4n) is 3.61. The summed E-state index contributed by atoms with van der Waals surface area (Å²) in [6.45, 7) is 0.865. The molecular weight excluding hydrogens is 310 g/mol. The Kier molecular flexibility index (Phi) is 4.34. The summed E-state index contributed by atoms with van der Waals surface area (Å²) >= 11 is 0. The number of hydrogen-bond acceptors (Lipinski definition) is 3. The second-order valence-electron chi connectivity index (χ2n) is 6.42. The van der Waals surface area contributed by atoms with E-state index in [2.05, 4.69) is 39.6 Å². The molecule has 0 spiro atoms. The lowest BCUT2D eigenvalue weighted by molar-refractivity contribution is 0.767. The van der Waals surface area contributed by atoms with Gasteiger partial charge in [0.1, 0.15) is 5.82 Å². The summed E-state index contributed by atoms with van der Waals surface area (Å²) in [7, 11) is 0. The summed E-state index contributed by atoms with van der Waals surface area (Å²) in [6.07, 6.45) is 3.11. The first-order chi connectivity index (χ1) is 12.3. The molecule has 0 bridgehead atoms. The number of nitrogens with one attached hydrogen (secondary N) is 2. The highest BCUT2D eigenvalue weighted by molar-refractivity contribution is 5.52. The summed E-state index contributed by atoms with van der Waals surface area (Å²) in [5.74, 6) is 0.736. The number of H-pyrrole nitrogens is 1. The molecule has 2 N–H and O–H groups in total. The molecule has 4 rings (SSSR count). The molecule has 2 aromatic carbocycles. The summed E-state index contributed by atoms with van der Waals surface area (Å²) < 4.78 is 0. The second kappa shape index (κ2) is 6.93. The molecule has 1 aliphatic rings. The van der Waals surface area contributed by atoms with Crippen molar-refractivity contribution in [2.75, 3.05) is 11.9 Å². The number of anilines is 1. The topological polar surface area (TPSA) is 57.8 Å². The number of nitrogens with zero attached hydrogens (tertiary/aromatic N) is 1. The molecule has 1 aliphatic heterocycles. The predicted octanol–water partition coefficient (Wildman–Crippen LogP) is 3.70. The van der Waals surface area contributed by atoms with Gasteiger partial charge in [-0.25, -0.2) is 4.79 Å². The van der Waals surface area contributed by atoms with Gasteiger partial charge in [0.25, 0.3) is 0 Å². The largest absolute Gasteiger partial charge is 0.370 e. The van der Waals surface area contributed by atoms with Crippen molar-refractivity contribution < 1.29 is 0 Å². The Morgan fingerprint density at radius 1 is 0.880 bits per heavy atom. The van der Waals surface area contributed by atoms with E-state index in [0.29, 0.717) is 0 Å². The predicted molar refractivity (Wildman–Crippen MR) is 100 cm³/mol. The molecular formula is C21H21N3O. The SMILES string of the molecule is O=c1nc2c(c(C(c3ccccc3)c3ccccc3)[nH]1)CCCCN2. The van der Waals surface area contributed by atoms with Crippen LogP contribution in [0.2, 0.25) is 0 Å². The highest BCUT2D eigenvalue weighted by Crippen LogP contribution is 2.35. The van der Waals surface area contributed by atoms with Crippen LogP contribution in [0.5, 0.6) is 0 Å². The third kappa shape index (κ3) is 3.20. The highest BCUT2D eigenvalue weighted by atomic mass is 16.1. The molecule has 126 valence electrons. The zero-order valence-corrected chi connectivity index (χ0v) is 14.0. The minimum atomic E-state index is -0.292. The number of aromatic amines is 1. The highest BCUT2D eigenvalue weighted by Gasteiger charge is 2.24. The third-order valence-corrected chi connectivity index (χ3v) is 4.77. The Hall–Kier alpha value is -2.88. The molecule has 0 radical (unpaired) electrons. The number of hydrogen-bond donors (Lipinski definition) is 2. The van der Waals surface area contributed by atoms with Crippen LogP contribution in [0, 0.1) is 0 Å². The normalized spacial score (nSPS) is 13.8.